The van der Waals surface area contributed by atoms with Crippen LogP contribution in [-0.4, -0.2) is 32.9 Å². The van der Waals surface area contributed by atoms with Crippen LogP contribution in [0.4, 0.5) is 17.2 Å². The molecule has 0 fully saturated rings. The fourth-order valence-corrected chi connectivity index (χ4v) is 2.58. The molecule has 0 saturated carbocycles. The second kappa shape index (κ2) is 8.15. The number of anilines is 3. The number of nitrogens with two attached hydrogens (primary N) is 1. The van der Waals surface area contributed by atoms with E-state index >= 15 is 0 Å². The first-order valence-corrected chi connectivity index (χ1v) is 8.49. The maximum Gasteiger partial charge on any atom is 0.169 e. The fraction of sp³-hybridized carbons (Fsp3) is 0.211. The van der Waals surface area contributed by atoms with Gasteiger partial charge in [0.05, 0.1) is 17.1 Å². The van der Waals surface area contributed by atoms with E-state index in [1.54, 1.807) is 36.7 Å². The summed E-state index contributed by atoms with van der Waals surface area (Å²) in [4.78, 5) is 4.11. The molecule has 0 radical (unpaired) electrons. The lowest BCUT2D eigenvalue weighted by molar-refractivity contribution is 0.477. The van der Waals surface area contributed by atoms with Gasteiger partial charge in [-0.1, -0.05) is 19.1 Å². The van der Waals surface area contributed by atoms with Crippen LogP contribution in [0, 0.1) is 0 Å². The van der Waals surface area contributed by atoms with Crippen LogP contribution < -0.4 is 16.4 Å². The molecular weight excluding hydrogens is 328 g/mol. The van der Waals surface area contributed by atoms with E-state index in [4.69, 9.17) is 5.73 Å². The zero-order valence-electron chi connectivity index (χ0n) is 14.6. The third-order valence-electron chi connectivity index (χ3n) is 4.07. The third-order valence-corrected chi connectivity index (χ3v) is 4.07. The molecule has 5 N–H and O–H groups in total. The van der Waals surface area contributed by atoms with Crippen LogP contribution in [0.25, 0.3) is 11.3 Å². The smallest absolute Gasteiger partial charge is 0.169 e. The highest BCUT2D eigenvalue weighted by molar-refractivity contribution is 5.73. The molecule has 0 saturated heterocycles. The Labute approximate surface area is 152 Å². The molecule has 26 heavy (non-hydrogen) atoms. The Bertz CT molecular complexity index is 856. The number of phenols is 1. The fourth-order valence-electron chi connectivity index (χ4n) is 2.58. The molecule has 0 bridgehead atoms. The summed E-state index contributed by atoms with van der Waals surface area (Å²) in [6.45, 7) is 2.76. The van der Waals surface area contributed by atoms with Crippen molar-refractivity contribution in [2.45, 2.75) is 19.4 Å². The lowest BCUT2D eigenvalue weighted by Crippen LogP contribution is -2.28. The number of nitrogens with zero attached hydrogens (tertiary/aromatic N) is 3. The van der Waals surface area contributed by atoms with E-state index in [2.05, 4.69) is 32.7 Å². The average molecular weight is 350 g/mol. The van der Waals surface area contributed by atoms with Crippen LogP contribution in [0.2, 0.25) is 0 Å². The van der Waals surface area contributed by atoms with E-state index in [9.17, 15) is 5.11 Å². The lowest BCUT2D eigenvalue weighted by atomic mass is 10.1. The Morgan fingerprint density at radius 2 is 2.00 bits per heavy atom. The van der Waals surface area contributed by atoms with Gasteiger partial charge in [0.2, 0.25) is 0 Å². The van der Waals surface area contributed by atoms with Crippen LogP contribution in [0.15, 0.2) is 54.9 Å². The number of hydrogen-bond donors (Lipinski definition) is 4. The minimum absolute atomic E-state index is 0.155. The van der Waals surface area contributed by atoms with Crippen LogP contribution in [0.1, 0.15) is 13.3 Å². The topological polar surface area (TPSA) is 109 Å². The number of para-hydroxylation sites is 1. The summed E-state index contributed by atoms with van der Waals surface area (Å²) < 4.78 is 0. The van der Waals surface area contributed by atoms with E-state index in [0.29, 0.717) is 29.3 Å². The molecular formula is C19H22N6O. The SMILES string of the molecule is CCC(CNc1cc(-c2ccccc2O)nnc1N)Nc1cccnc1. The van der Waals surface area contributed by atoms with Crippen molar-refractivity contribution >= 4 is 17.2 Å². The summed E-state index contributed by atoms with van der Waals surface area (Å²) in [6.07, 6.45) is 4.46. The minimum atomic E-state index is 0.155. The molecule has 2 heterocycles. The normalized spacial score (nSPS) is 11.7. The summed E-state index contributed by atoms with van der Waals surface area (Å²) in [5.41, 5.74) is 8.79. The monoisotopic (exact) mass is 350 g/mol. The zero-order chi connectivity index (χ0) is 18.4. The van der Waals surface area contributed by atoms with E-state index in [0.717, 1.165) is 12.1 Å². The summed E-state index contributed by atoms with van der Waals surface area (Å²) in [5.74, 6) is 0.475. The van der Waals surface area contributed by atoms with Gasteiger partial charge in [0.1, 0.15) is 5.75 Å². The van der Waals surface area contributed by atoms with Crippen molar-refractivity contribution < 1.29 is 5.11 Å². The van der Waals surface area contributed by atoms with Gasteiger partial charge >= 0.3 is 0 Å². The molecule has 0 aliphatic rings. The van der Waals surface area contributed by atoms with Gasteiger partial charge in [-0.25, -0.2) is 0 Å². The molecule has 0 amide bonds. The second-order valence-electron chi connectivity index (χ2n) is 5.92. The van der Waals surface area contributed by atoms with Gasteiger partial charge in [-0.15, -0.1) is 10.2 Å². The van der Waals surface area contributed by atoms with Crippen LogP contribution in [0.3, 0.4) is 0 Å². The highest BCUT2D eigenvalue weighted by Gasteiger charge is 2.11. The molecule has 1 atom stereocenters. The molecule has 7 heteroatoms. The number of nitrogens with one attached hydrogen (secondary N) is 2. The minimum Gasteiger partial charge on any atom is -0.507 e. The number of rotatable bonds is 7. The second-order valence-corrected chi connectivity index (χ2v) is 5.92. The van der Waals surface area contributed by atoms with Crippen molar-refractivity contribution in [1.29, 1.82) is 0 Å². The molecule has 0 aliphatic carbocycles. The van der Waals surface area contributed by atoms with Crippen molar-refractivity contribution in [3.8, 4) is 17.0 Å². The van der Waals surface area contributed by atoms with Crippen LogP contribution in [0.5, 0.6) is 5.75 Å². The largest absolute Gasteiger partial charge is 0.507 e. The average Bonchev–Trinajstić information content (AvgIpc) is 2.67. The van der Waals surface area contributed by atoms with Gasteiger partial charge in [0.25, 0.3) is 0 Å². The number of nitrogen functional groups attached to an aromatic ring is 1. The van der Waals surface area contributed by atoms with Crippen molar-refractivity contribution in [3.63, 3.8) is 0 Å². The summed E-state index contributed by atoms with van der Waals surface area (Å²) in [6, 6.07) is 12.9. The van der Waals surface area contributed by atoms with Crippen molar-refractivity contribution in [1.82, 2.24) is 15.2 Å². The standard InChI is InChI=1S/C19H22N6O/c1-2-13(23-14-6-5-9-21-11-14)12-22-17-10-16(24-25-19(17)20)15-7-3-4-8-18(15)26/h3-11,13,23,26H,2,12H2,1H3,(H2,20,25)(H,22,24). The molecule has 3 rings (SSSR count). The summed E-state index contributed by atoms with van der Waals surface area (Å²) in [5, 5.41) is 24.9. The predicted octanol–water partition coefficient (Wildman–Crippen LogP) is 3.13. The van der Waals surface area contributed by atoms with Gasteiger partial charge in [0.15, 0.2) is 5.82 Å². The molecule has 3 aromatic rings. The Hall–Kier alpha value is -3.35. The molecule has 7 nitrogen and oxygen atoms in total. The lowest BCUT2D eigenvalue weighted by Gasteiger charge is -2.20. The quantitative estimate of drug-likeness (QED) is 0.518. The molecule has 1 aromatic carbocycles. The van der Waals surface area contributed by atoms with Crippen molar-refractivity contribution in [3.05, 3.63) is 54.9 Å². The predicted molar refractivity (Wildman–Crippen MR) is 104 cm³/mol. The number of pyridine rings is 1. The molecule has 2 aromatic heterocycles. The number of aromatic hydroxyl groups is 1. The third kappa shape index (κ3) is 4.18. The van der Waals surface area contributed by atoms with Crippen molar-refractivity contribution in [2.75, 3.05) is 22.9 Å². The number of phenolic OH excluding ortho intramolecular Hbond substituents is 1. The molecule has 134 valence electrons. The highest BCUT2D eigenvalue weighted by atomic mass is 16.3. The zero-order valence-corrected chi connectivity index (χ0v) is 14.6. The maximum atomic E-state index is 10.0. The first-order valence-electron chi connectivity index (χ1n) is 8.49. The number of hydrogen-bond acceptors (Lipinski definition) is 7. The molecule has 1 unspecified atom stereocenters. The van der Waals surface area contributed by atoms with Gasteiger partial charge < -0.3 is 21.5 Å². The summed E-state index contributed by atoms with van der Waals surface area (Å²) in [7, 11) is 0. The van der Waals surface area contributed by atoms with Gasteiger partial charge in [-0.2, -0.15) is 0 Å². The van der Waals surface area contributed by atoms with E-state index in [1.165, 1.54) is 0 Å². The Balaban J connectivity index is 1.73. The van der Waals surface area contributed by atoms with Crippen molar-refractivity contribution in [2.24, 2.45) is 0 Å². The Morgan fingerprint density at radius 1 is 1.15 bits per heavy atom. The maximum absolute atomic E-state index is 10.0. The van der Waals surface area contributed by atoms with E-state index < -0.39 is 0 Å². The van der Waals surface area contributed by atoms with Gasteiger partial charge in [-0.05, 0) is 36.8 Å². The van der Waals surface area contributed by atoms with Crippen LogP contribution in [-0.2, 0) is 0 Å². The molecule has 0 aliphatic heterocycles. The summed E-state index contributed by atoms with van der Waals surface area (Å²) >= 11 is 0. The van der Waals surface area contributed by atoms with Gasteiger partial charge in [0, 0.05) is 30.5 Å². The highest BCUT2D eigenvalue weighted by Crippen LogP contribution is 2.29. The number of aromatic nitrogens is 3. The van der Waals surface area contributed by atoms with E-state index in [1.807, 2.05) is 18.2 Å². The number of benzene rings is 1. The van der Waals surface area contributed by atoms with E-state index in [-0.39, 0.29) is 11.8 Å². The Morgan fingerprint density at radius 3 is 2.73 bits per heavy atom. The first-order chi connectivity index (χ1) is 12.7. The Kier molecular flexibility index (Phi) is 5.48. The first kappa shape index (κ1) is 17.5. The van der Waals surface area contributed by atoms with Gasteiger partial charge in [-0.3, -0.25) is 4.98 Å². The molecule has 0 spiro atoms. The van der Waals surface area contributed by atoms with Crippen LogP contribution >= 0.6 is 0 Å².